The second-order valence-electron chi connectivity index (χ2n) is 4.96. The van der Waals surface area contributed by atoms with Crippen molar-refractivity contribution in [2.24, 2.45) is 0 Å². The van der Waals surface area contributed by atoms with Crippen LogP contribution in [0.2, 0.25) is 0 Å². The first-order valence-electron chi connectivity index (χ1n) is 10.2. The van der Waals surface area contributed by atoms with Crippen LogP contribution in [0.5, 0.6) is 0 Å². The molecule has 28 heavy (non-hydrogen) atoms. The fraction of sp³-hybridized carbons (Fsp3) is 0.357. The summed E-state index contributed by atoms with van der Waals surface area (Å²) in [5.41, 5.74) is 3.97. The summed E-state index contributed by atoms with van der Waals surface area (Å²) in [5, 5.41) is 0. The molecule has 3 aromatic carbocycles. The molecule has 0 amide bonds. The molecule has 0 aromatic heterocycles. The molecular formula is C28H46. The second-order valence-corrected chi connectivity index (χ2v) is 4.96. The highest BCUT2D eigenvalue weighted by atomic mass is 13.8. The Kier molecular flexibility index (Phi) is 35.0. The number of aryl methyl sites for hydroxylation is 3. The molecular weight excluding hydrogens is 336 g/mol. The normalized spacial score (nSPS) is 7.18. The van der Waals surface area contributed by atoms with Crippen LogP contribution in [0.15, 0.2) is 91.0 Å². The molecule has 3 rings (SSSR count). The summed E-state index contributed by atoms with van der Waals surface area (Å²) >= 11 is 0. The first-order chi connectivity index (χ1) is 13.2. The zero-order valence-electron chi connectivity index (χ0n) is 19.2. The Morgan fingerprint density at radius 3 is 0.536 bits per heavy atom. The van der Waals surface area contributed by atoms with Gasteiger partial charge in [-0.1, -0.05) is 157 Å². The minimum absolute atomic E-state index is 0. The van der Waals surface area contributed by atoms with E-state index in [0.717, 1.165) is 0 Å². The summed E-state index contributed by atoms with van der Waals surface area (Å²) in [4.78, 5) is 0. The Hall–Kier alpha value is -2.34. The van der Waals surface area contributed by atoms with Crippen LogP contribution in [0, 0.1) is 20.8 Å². The van der Waals surface area contributed by atoms with Gasteiger partial charge in [0.1, 0.15) is 0 Å². The lowest BCUT2D eigenvalue weighted by Crippen LogP contribution is -1.62. The number of hydrogen-bond acceptors (Lipinski definition) is 0. The molecule has 0 atom stereocenters. The number of hydrogen-bond donors (Lipinski definition) is 0. The molecule has 0 bridgehead atoms. The molecule has 0 radical (unpaired) electrons. The molecule has 0 unspecified atom stereocenters. The van der Waals surface area contributed by atoms with Gasteiger partial charge in [-0.3, -0.25) is 0 Å². The van der Waals surface area contributed by atoms with E-state index < -0.39 is 0 Å². The van der Waals surface area contributed by atoms with Crippen molar-refractivity contribution in [1.82, 2.24) is 0 Å². The minimum atomic E-state index is 0. The molecule has 158 valence electrons. The highest BCUT2D eigenvalue weighted by molar-refractivity contribution is 5.12. The lowest BCUT2D eigenvalue weighted by Gasteiger charge is -1.82. The van der Waals surface area contributed by atoms with Crippen molar-refractivity contribution in [1.29, 1.82) is 0 Å². The molecule has 0 spiro atoms. The quantitative estimate of drug-likeness (QED) is 0.363. The van der Waals surface area contributed by atoms with E-state index in [4.69, 9.17) is 0 Å². The Bertz CT molecular complexity index is 479. The minimum Gasteiger partial charge on any atom is -0.0776 e. The van der Waals surface area contributed by atoms with Gasteiger partial charge >= 0.3 is 0 Å². The Balaban J connectivity index is -0.000000134. The molecule has 0 N–H and O–H groups in total. The Morgan fingerprint density at radius 1 is 0.321 bits per heavy atom. The van der Waals surface area contributed by atoms with Crippen molar-refractivity contribution in [2.45, 2.75) is 69.7 Å². The SMILES string of the molecule is C.CC.CC.CC.Cc1ccccc1.Cc1ccccc1.Cc1ccccc1. The van der Waals surface area contributed by atoms with Gasteiger partial charge < -0.3 is 0 Å². The molecule has 0 saturated heterocycles. The highest BCUT2D eigenvalue weighted by Gasteiger charge is 1.73. The molecule has 0 fully saturated rings. The van der Waals surface area contributed by atoms with Crippen LogP contribution in [0.4, 0.5) is 0 Å². The van der Waals surface area contributed by atoms with Crippen LogP contribution in [-0.4, -0.2) is 0 Å². The van der Waals surface area contributed by atoms with Gasteiger partial charge in [-0.2, -0.15) is 0 Å². The van der Waals surface area contributed by atoms with Crippen LogP contribution in [-0.2, 0) is 0 Å². The van der Waals surface area contributed by atoms with E-state index in [-0.39, 0.29) is 7.43 Å². The average Bonchev–Trinajstić information content (AvgIpc) is 2.75. The van der Waals surface area contributed by atoms with Crippen LogP contribution in [0.3, 0.4) is 0 Å². The first kappa shape index (κ1) is 33.3. The highest BCUT2D eigenvalue weighted by Crippen LogP contribution is 1.93. The maximum Gasteiger partial charge on any atom is -0.0398 e. The molecule has 0 aliphatic heterocycles. The van der Waals surface area contributed by atoms with E-state index >= 15 is 0 Å². The Labute approximate surface area is 177 Å². The summed E-state index contributed by atoms with van der Waals surface area (Å²) in [7, 11) is 0. The van der Waals surface area contributed by atoms with Gasteiger partial charge in [0.25, 0.3) is 0 Å². The van der Waals surface area contributed by atoms with Crippen LogP contribution in [0.25, 0.3) is 0 Å². The second kappa shape index (κ2) is 29.4. The zero-order valence-corrected chi connectivity index (χ0v) is 19.2. The van der Waals surface area contributed by atoms with Gasteiger partial charge in [-0.25, -0.2) is 0 Å². The van der Waals surface area contributed by atoms with E-state index in [1.54, 1.807) is 0 Å². The topological polar surface area (TPSA) is 0 Å². The van der Waals surface area contributed by atoms with Gasteiger partial charge in [0, 0.05) is 0 Å². The van der Waals surface area contributed by atoms with Gasteiger partial charge in [-0.15, -0.1) is 0 Å². The van der Waals surface area contributed by atoms with Crippen molar-refractivity contribution < 1.29 is 0 Å². The first-order valence-corrected chi connectivity index (χ1v) is 10.2. The largest absolute Gasteiger partial charge is 0.0776 e. The fourth-order valence-electron chi connectivity index (χ4n) is 1.60. The lowest BCUT2D eigenvalue weighted by molar-refractivity contribution is 1.48. The fourth-order valence-corrected chi connectivity index (χ4v) is 1.60. The third-order valence-corrected chi connectivity index (χ3v) is 2.82. The Morgan fingerprint density at radius 2 is 0.464 bits per heavy atom. The molecule has 0 heterocycles. The number of benzene rings is 3. The van der Waals surface area contributed by atoms with Gasteiger partial charge in [0.15, 0.2) is 0 Å². The van der Waals surface area contributed by atoms with Crippen molar-refractivity contribution in [3.05, 3.63) is 108 Å². The van der Waals surface area contributed by atoms with Crippen molar-refractivity contribution in [2.75, 3.05) is 0 Å². The summed E-state index contributed by atoms with van der Waals surface area (Å²) in [5.74, 6) is 0. The van der Waals surface area contributed by atoms with Crippen LogP contribution in [0.1, 0.15) is 65.7 Å². The molecule has 0 nitrogen and oxygen atoms in total. The standard InChI is InChI=1S/3C7H8.3C2H6.CH4/c3*1-7-5-3-2-4-6-7;3*1-2;/h3*2-6H,1H3;3*1-2H3;1H4. The summed E-state index contributed by atoms with van der Waals surface area (Å²) < 4.78 is 0. The van der Waals surface area contributed by atoms with Gasteiger partial charge in [0.05, 0.1) is 0 Å². The molecule has 0 aliphatic carbocycles. The lowest BCUT2D eigenvalue weighted by atomic mass is 10.2. The molecule has 0 heteroatoms. The van der Waals surface area contributed by atoms with Crippen molar-refractivity contribution >= 4 is 0 Å². The number of rotatable bonds is 0. The predicted octanol–water partition coefficient (Wildman–Crippen LogP) is 9.70. The van der Waals surface area contributed by atoms with Gasteiger partial charge in [-0.05, 0) is 20.8 Å². The van der Waals surface area contributed by atoms with E-state index in [1.165, 1.54) is 16.7 Å². The van der Waals surface area contributed by atoms with E-state index in [1.807, 2.05) is 96.1 Å². The van der Waals surface area contributed by atoms with Crippen LogP contribution >= 0.6 is 0 Å². The summed E-state index contributed by atoms with van der Waals surface area (Å²) in [6, 6.07) is 30.8. The summed E-state index contributed by atoms with van der Waals surface area (Å²) in [6.45, 7) is 18.2. The van der Waals surface area contributed by atoms with Gasteiger partial charge in [0.2, 0.25) is 0 Å². The maximum absolute atomic E-state index is 2.08. The van der Waals surface area contributed by atoms with Crippen molar-refractivity contribution in [3.8, 4) is 0 Å². The predicted molar refractivity (Wildman–Crippen MR) is 134 cm³/mol. The zero-order chi connectivity index (χ0) is 21.3. The molecule has 0 saturated carbocycles. The molecule has 0 aliphatic rings. The van der Waals surface area contributed by atoms with E-state index in [9.17, 15) is 0 Å². The summed E-state index contributed by atoms with van der Waals surface area (Å²) in [6.07, 6.45) is 0. The van der Waals surface area contributed by atoms with E-state index in [0.29, 0.717) is 0 Å². The van der Waals surface area contributed by atoms with Crippen molar-refractivity contribution in [3.63, 3.8) is 0 Å². The van der Waals surface area contributed by atoms with E-state index in [2.05, 4.69) is 57.2 Å². The third kappa shape index (κ3) is 25.9. The average molecular weight is 383 g/mol. The maximum atomic E-state index is 2.08. The smallest absolute Gasteiger partial charge is 0.0398 e. The monoisotopic (exact) mass is 382 g/mol. The van der Waals surface area contributed by atoms with Crippen LogP contribution < -0.4 is 0 Å². The third-order valence-electron chi connectivity index (χ3n) is 2.82. The molecule has 3 aromatic rings.